The first-order chi connectivity index (χ1) is 8.61. The highest BCUT2D eigenvalue weighted by Gasteiger charge is 2.24. The van der Waals surface area contributed by atoms with E-state index in [0.29, 0.717) is 11.2 Å². The first kappa shape index (κ1) is 13.6. The summed E-state index contributed by atoms with van der Waals surface area (Å²) >= 11 is 6.18. The van der Waals surface area contributed by atoms with Crippen molar-refractivity contribution >= 4 is 17.4 Å². The van der Waals surface area contributed by atoms with Gasteiger partial charge in [-0.05, 0) is 32.6 Å². The minimum absolute atomic E-state index is 0.498. The van der Waals surface area contributed by atoms with Crippen LogP contribution in [0.2, 0.25) is 5.15 Å². The van der Waals surface area contributed by atoms with Gasteiger partial charge in [-0.15, -0.1) is 0 Å². The number of anilines is 1. The minimum Gasteiger partial charge on any atom is -0.364 e. The van der Waals surface area contributed by atoms with Crippen LogP contribution >= 0.6 is 11.6 Å². The first-order valence-corrected chi connectivity index (χ1v) is 7.27. The molecule has 1 aliphatic rings. The van der Waals surface area contributed by atoms with Crippen LogP contribution in [0.3, 0.4) is 0 Å². The fraction of sp³-hybridized carbons (Fsp3) is 0.714. The van der Waals surface area contributed by atoms with Gasteiger partial charge in [0.2, 0.25) is 0 Å². The van der Waals surface area contributed by atoms with Gasteiger partial charge in [0, 0.05) is 6.04 Å². The smallest absolute Gasteiger partial charge is 0.171 e. The van der Waals surface area contributed by atoms with Gasteiger partial charge in [-0.25, -0.2) is 9.97 Å². The third-order valence-corrected chi connectivity index (χ3v) is 4.28. The largest absolute Gasteiger partial charge is 0.364 e. The van der Waals surface area contributed by atoms with E-state index < -0.39 is 0 Å². The molecule has 0 bridgehead atoms. The maximum absolute atomic E-state index is 6.18. The quantitative estimate of drug-likeness (QED) is 0.895. The van der Waals surface area contributed by atoms with Crippen LogP contribution < -0.4 is 5.32 Å². The maximum atomic E-state index is 6.18. The van der Waals surface area contributed by atoms with Gasteiger partial charge in [0.25, 0.3) is 0 Å². The van der Waals surface area contributed by atoms with E-state index in [2.05, 4.69) is 22.2 Å². The molecule has 0 amide bonds. The van der Waals surface area contributed by atoms with Crippen molar-refractivity contribution in [2.24, 2.45) is 5.92 Å². The van der Waals surface area contributed by atoms with Crippen LogP contribution in [0, 0.1) is 19.8 Å². The molecule has 18 heavy (non-hydrogen) atoms. The number of hydrogen-bond donors (Lipinski definition) is 1. The van der Waals surface area contributed by atoms with Gasteiger partial charge < -0.3 is 5.32 Å². The molecule has 1 aliphatic carbocycles. The number of rotatable bonds is 3. The van der Waals surface area contributed by atoms with Crippen LogP contribution in [-0.2, 0) is 0 Å². The van der Waals surface area contributed by atoms with Crippen molar-refractivity contribution in [2.45, 2.75) is 58.9 Å². The van der Waals surface area contributed by atoms with Crippen molar-refractivity contribution in [3.05, 3.63) is 16.5 Å². The van der Waals surface area contributed by atoms with E-state index in [1.165, 1.54) is 32.1 Å². The Morgan fingerprint density at radius 3 is 2.56 bits per heavy atom. The van der Waals surface area contributed by atoms with Gasteiger partial charge >= 0.3 is 0 Å². The van der Waals surface area contributed by atoms with Crippen molar-refractivity contribution in [1.29, 1.82) is 0 Å². The fourth-order valence-corrected chi connectivity index (χ4v) is 2.95. The Bertz CT molecular complexity index is 420. The summed E-state index contributed by atoms with van der Waals surface area (Å²) in [4.78, 5) is 8.86. The molecule has 3 nitrogen and oxygen atoms in total. The molecule has 0 aromatic carbocycles. The molecule has 0 spiro atoms. The van der Waals surface area contributed by atoms with Gasteiger partial charge in [0.05, 0.1) is 11.4 Å². The molecular weight excluding hydrogens is 246 g/mol. The zero-order valence-electron chi connectivity index (χ0n) is 11.5. The van der Waals surface area contributed by atoms with Crippen LogP contribution in [0.15, 0.2) is 0 Å². The number of aromatic nitrogens is 2. The van der Waals surface area contributed by atoms with Crippen LogP contribution in [-0.4, -0.2) is 16.0 Å². The second-order valence-corrected chi connectivity index (χ2v) is 5.60. The van der Waals surface area contributed by atoms with E-state index in [9.17, 15) is 0 Å². The second kappa shape index (κ2) is 5.87. The molecule has 1 fully saturated rings. The highest BCUT2D eigenvalue weighted by molar-refractivity contribution is 6.31. The SMILES string of the molecule is CCC1CCCCC1Nc1nc(C)c(C)nc1Cl. The molecule has 1 heterocycles. The first-order valence-electron chi connectivity index (χ1n) is 6.89. The summed E-state index contributed by atoms with van der Waals surface area (Å²) in [5.74, 6) is 1.49. The fourth-order valence-electron chi connectivity index (χ4n) is 2.73. The summed E-state index contributed by atoms with van der Waals surface area (Å²) in [6, 6.07) is 0.498. The van der Waals surface area contributed by atoms with Gasteiger partial charge in [0.15, 0.2) is 11.0 Å². The lowest BCUT2D eigenvalue weighted by Crippen LogP contribution is -2.32. The summed E-state index contributed by atoms with van der Waals surface area (Å²) in [6.07, 6.45) is 6.38. The lowest BCUT2D eigenvalue weighted by atomic mass is 9.83. The monoisotopic (exact) mass is 267 g/mol. The summed E-state index contributed by atoms with van der Waals surface area (Å²) in [5.41, 5.74) is 1.85. The lowest BCUT2D eigenvalue weighted by Gasteiger charge is -2.32. The molecule has 2 rings (SSSR count). The molecule has 1 aromatic rings. The van der Waals surface area contributed by atoms with Gasteiger partial charge in [-0.1, -0.05) is 37.8 Å². The third-order valence-electron chi connectivity index (χ3n) is 4.02. The average molecular weight is 268 g/mol. The topological polar surface area (TPSA) is 37.8 Å². The van der Waals surface area contributed by atoms with Gasteiger partial charge in [-0.3, -0.25) is 0 Å². The van der Waals surface area contributed by atoms with Crippen LogP contribution in [0.1, 0.15) is 50.4 Å². The summed E-state index contributed by atoms with van der Waals surface area (Å²) in [7, 11) is 0. The number of aryl methyl sites for hydroxylation is 2. The molecule has 2 unspecified atom stereocenters. The zero-order valence-corrected chi connectivity index (χ0v) is 12.2. The van der Waals surface area contributed by atoms with E-state index in [-0.39, 0.29) is 0 Å². The van der Waals surface area contributed by atoms with Gasteiger partial charge in [0.1, 0.15) is 0 Å². The van der Waals surface area contributed by atoms with E-state index in [1.807, 2.05) is 13.8 Å². The summed E-state index contributed by atoms with van der Waals surface area (Å²) in [5, 5.41) is 4.01. The number of hydrogen-bond acceptors (Lipinski definition) is 3. The number of halogens is 1. The standard InChI is InChI=1S/C14H22ClN3/c1-4-11-7-5-6-8-12(11)18-14-13(15)16-9(2)10(3)17-14/h11-12H,4-8H2,1-3H3,(H,17,18). The van der Waals surface area contributed by atoms with Crippen LogP contribution in [0.25, 0.3) is 0 Å². The Morgan fingerprint density at radius 1 is 1.17 bits per heavy atom. The summed E-state index contributed by atoms with van der Waals surface area (Å²) in [6.45, 7) is 6.17. The highest BCUT2D eigenvalue weighted by Crippen LogP contribution is 2.30. The van der Waals surface area contributed by atoms with E-state index in [4.69, 9.17) is 11.6 Å². The Hall–Kier alpha value is -0.830. The molecule has 1 N–H and O–H groups in total. The average Bonchev–Trinajstić information content (AvgIpc) is 2.36. The van der Waals surface area contributed by atoms with E-state index in [0.717, 1.165) is 23.1 Å². The Kier molecular flexibility index (Phi) is 4.44. The second-order valence-electron chi connectivity index (χ2n) is 5.24. The van der Waals surface area contributed by atoms with Gasteiger partial charge in [-0.2, -0.15) is 0 Å². The molecule has 2 atom stereocenters. The van der Waals surface area contributed by atoms with Crippen molar-refractivity contribution in [1.82, 2.24) is 9.97 Å². The highest BCUT2D eigenvalue weighted by atomic mass is 35.5. The molecule has 100 valence electrons. The van der Waals surface area contributed by atoms with Crippen LogP contribution in [0.4, 0.5) is 5.82 Å². The molecule has 4 heteroatoms. The molecule has 0 radical (unpaired) electrons. The zero-order chi connectivity index (χ0) is 13.1. The van der Waals surface area contributed by atoms with Crippen molar-refractivity contribution < 1.29 is 0 Å². The predicted molar refractivity (Wildman–Crippen MR) is 76.2 cm³/mol. The Morgan fingerprint density at radius 2 is 1.83 bits per heavy atom. The molecule has 0 saturated heterocycles. The van der Waals surface area contributed by atoms with Crippen molar-refractivity contribution in [3.8, 4) is 0 Å². The molecule has 1 aromatic heterocycles. The normalized spacial score (nSPS) is 24.0. The van der Waals surface area contributed by atoms with Crippen molar-refractivity contribution in [2.75, 3.05) is 5.32 Å². The van der Waals surface area contributed by atoms with E-state index >= 15 is 0 Å². The molecule has 1 saturated carbocycles. The third kappa shape index (κ3) is 2.94. The van der Waals surface area contributed by atoms with Crippen LogP contribution in [0.5, 0.6) is 0 Å². The predicted octanol–water partition coefficient (Wildman–Crippen LogP) is 4.13. The lowest BCUT2D eigenvalue weighted by molar-refractivity contribution is 0.316. The molecular formula is C14H22ClN3. The Balaban J connectivity index is 2.15. The number of nitrogens with zero attached hydrogens (tertiary/aromatic N) is 2. The summed E-state index contributed by atoms with van der Waals surface area (Å²) < 4.78 is 0. The number of nitrogens with one attached hydrogen (secondary N) is 1. The van der Waals surface area contributed by atoms with E-state index in [1.54, 1.807) is 0 Å². The maximum Gasteiger partial charge on any atom is 0.171 e. The molecule has 0 aliphatic heterocycles. The van der Waals surface area contributed by atoms with Crippen molar-refractivity contribution in [3.63, 3.8) is 0 Å². The minimum atomic E-state index is 0.498. The Labute approximate surface area is 114 Å².